The van der Waals surface area contributed by atoms with Gasteiger partial charge in [0.05, 0.1) is 6.04 Å². The van der Waals surface area contributed by atoms with Gasteiger partial charge in [0, 0.05) is 11.6 Å². The predicted octanol–water partition coefficient (Wildman–Crippen LogP) is 1.67. The van der Waals surface area contributed by atoms with E-state index in [9.17, 15) is 9.90 Å². The number of phenols is 2. The Kier molecular flexibility index (Phi) is 3.90. The van der Waals surface area contributed by atoms with E-state index in [4.69, 9.17) is 5.11 Å². The molecule has 0 aliphatic heterocycles. The van der Waals surface area contributed by atoms with Crippen LogP contribution in [0.15, 0.2) is 18.2 Å². The molecule has 0 amide bonds. The topological polar surface area (TPSA) is 69.6 Å². The quantitative estimate of drug-likeness (QED) is 0.536. The van der Waals surface area contributed by atoms with Crippen LogP contribution in [0.25, 0.3) is 0 Å². The van der Waals surface area contributed by atoms with E-state index in [1.165, 1.54) is 18.2 Å². The molecule has 0 bridgehead atoms. The number of phenolic OH excluding ortho intramolecular Hbond substituents is 2. The molecule has 16 heavy (non-hydrogen) atoms. The van der Waals surface area contributed by atoms with Crippen molar-refractivity contribution < 1.29 is 15.0 Å². The summed E-state index contributed by atoms with van der Waals surface area (Å²) in [7, 11) is 0. The molecule has 0 aliphatic rings. The second kappa shape index (κ2) is 4.99. The maximum absolute atomic E-state index is 11.9. The Labute approximate surface area is 94.9 Å². The van der Waals surface area contributed by atoms with Gasteiger partial charge in [-0.2, -0.15) is 0 Å². The van der Waals surface area contributed by atoms with Gasteiger partial charge < -0.3 is 15.5 Å². The minimum absolute atomic E-state index is 0.107. The summed E-state index contributed by atoms with van der Waals surface area (Å²) in [5, 5.41) is 21.5. The highest BCUT2D eigenvalue weighted by Crippen LogP contribution is 2.25. The molecule has 1 rings (SSSR count). The van der Waals surface area contributed by atoms with Crippen LogP contribution >= 0.6 is 0 Å². The number of benzene rings is 1. The fourth-order valence-electron chi connectivity index (χ4n) is 1.50. The monoisotopic (exact) mass is 223 g/mol. The first-order valence-corrected chi connectivity index (χ1v) is 5.24. The average Bonchev–Trinajstić information content (AvgIpc) is 2.20. The molecule has 0 unspecified atom stereocenters. The summed E-state index contributed by atoms with van der Waals surface area (Å²) in [4.78, 5) is 11.9. The van der Waals surface area contributed by atoms with Gasteiger partial charge in [-0.05, 0) is 25.1 Å². The van der Waals surface area contributed by atoms with Gasteiger partial charge in [0.25, 0.3) is 0 Å². The lowest BCUT2D eigenvalue weighted by atomic mass is 10.0. The summed E-state index contributed by atoms with van der Waals surface area (Å²) in [5.41, 5.74) is 0.385. The molecule has 0 saturated carbocycles. The highest BCUT2D eigenvalue weighted by atomic mass is 16.3. The molecule has 0 radical (unpaired) electrons. The van der Waals surface area contributed by atoms with E-state index in [1.54, 1.807) is 6.92 Å². The van der Waals surface area contributed by atoms with Crippen molar-refractivity contribution in [3.8, 4) is 11.5 Å². The van der Waals surface area contributed by atoms with Crippen molar-refractivity contribution in [2.24, 2.45) is 0 Å². The molecule has 4 nitrogen and oxygen atoms in total. The summed E-state index contributed by atoms with van der Waals surface area (Å²) >= 11 is 0. The van der Waals surface area contributed by atoms with Crippen LogP contribution in [-0.4, -0.2) is 28.1 Å². The Bertz CT molecular complexity index is 388. The first kappa shape index (κ1) is 12.5. The molecule has 1 aromatic rings. The van der Waals surface area contributed by atoms with E-state index in [0.717, 1.165) is 0 Å². The molecule has 3 N–H and O–H groups in total. The lowest BCUT2D eigenvalue weighted by Gasteiger charge is -2.15. The second-order valence-electron chi connectivity index (χ2n) is 4.11. The molecule has 0 aliphatic carbocycles. The average molecular weight is 223 g/mol. The fourth-order valence-corrected chi connectivity index (χ4v) is 1.50. The molecule has 0 spiro atoms. The van der Waals surface area contributed by atoms with E-state index in [2.05, 4.69) is 5.32 Å². The highest BCUT2D eigenvalue weighted by molar-refractivity contribution is 6.00. The van der Waals surface area contributed by atoms with Crippen molar-refractivity contribution >= 4 is 5.78 Å². The second-order valence-corrected chi connectivity index (χ2v) is 4.11. The molecule has 0 fully saturated rings. The first-order chi connectivity index (χ1) is 7.41. The third kappa shape index (κ3) is 2.97. The number of rotatable bonds is 4. The molecule has 0 heterocycles. The molecule has 1 aromatic carbocycles. The minimum atomic E-state index is -0.316. The summed E-state index contributed by atoms with van der Waals surface area (Å²) in [6.45, 7) is 5.68. The smallest absolute Gasteiger partial charge is 0.179 e. The summed E-state index contributed by atoms with van der Waals surface area (Å²) in [6.07, 6.45) is 0. The minimum Gasteiger partial charge on any atom is -0.504 e. The van der Waals surface area contributed by atoms with Gasteiger partial charge in [-0.1, -0.05) is 13.8 Å². The zero-order valence-electron chi connectivity index (χ0n) is 9.69. The normalized spacial score (nSPS) is 12.8. The fraction of sp³-hybridized carbons (Fsp3) is 0.417. The Hall–Kier alpha value is -1.55. The lowest BCUT2D eigenvalue weighted by Crippen LogP contribution is -2.38. The Morgan fingerprint density at radius 3 is 2.31 bits per heavy atom. The number of Topliss-reactive ketones (excluding diaryl/α,β-unsaturated/α-hetero) is 1. The number of carbonyl (C=O) groups excluding carboxylic acids is 1. The van der Waals surface area contributed by atoms with E-state index in [1.807, 2.05) is 13.8 Å². The predicted molar refractivity (Wildman–Crippen MR) is 61.8 cm³/mol. The van der Waals surface area contributed by atoms with Crippen molar-refractivity contribution in [3.63, 3.8) is 0 Å². The van der Waals surface area contributed by atoms with Crippen molar-refractivity contribution in [1.29, 1.82) is 0 Å². The first-order valence-electron chi connectivity index (χ1n) is 5.24. The van der Waals surface area contributed by atoms with Gasteiger partial charge >= 0.3 is 0 Å². The van der Waals surface area contributed by atoms with Gasteiger partial charge in [-0.3, -0.25) is 4.79 Å². The highest BCUT2D eigenvalue weighted by Gasteiger charge is 2.16. The van der Waals surface area contributed by atoms with E-state index in [-0.39, 0.29) is 29.4 Å². The van der Waals surface area contributed by atoms with Gasteiger partial charge in [-0.15, -0.1) is 0 Å². The third-order valence-corrected chi connectivity index (χ3v) is 2.24. The van der Waals surface area contributed by atoms with Crippen LogP contribution in [0.5, 0.6) is 11.5 Å². The summed E-state index contributed by atoms with van der Waals surface area (Å²) in [5.74, 6) is -0.604. The Morgan fingerprint density at radius 2 is 1.81 bits per heavy atom. The van der Waals surface area contributed by atoms with Crippen molar-refractivity contribution in [2.45, 2.75) is 32.9 Å². The lowest BCUT2D eigenvalue weighted by molar-refractivity contribution is 0.0946. The Balaban J connectivity index is 2.84. The molecule has 88 valence electrons. The van der Waals surface area contributed by atoms with Crippen LogP contribution < -0.4 is 5.32 Å². The maximum Gasteiger partial charge on any atom is 0.179 e. The number of carbonyl (C=O) groups is 1. The van der Waals surface area contributed by atoms with E-state index < -0.39 is 0 Å². The molecule has 0 saturated heterocycles. The van der Waals surface area contributed by atoms with Gasteiger partial charge in [0.2, 0.25) is 0 Å². The summed E-state index contributed by atoms with van der Waals surface area (Å²) < 4.78 is 0. The van der Waals surface area contributed by atoms with Crippen LogP contribution in [0.2, 0.25) is 0 Å². The van der Waals surface area contributed by atoms with E-state index in [0.29, 0.717) is 5.56 Å². The number of aromatic hydroxyl groups is 2. The van der Waals surface area contributed by atoms with E-state index >= 15 is 0 Å². The van der Waals surface area contributed by atoms with Crippen LogP contribution in [0, 0.1) is 0 Å². The molecular weight excluding hydrogens is 206 g/mol. The van der Waals surface area contributed by atoms with Crippen LogP contribution in [0.1, 0.15) is 31.1 Å². The summed E-state index contributed by atoms with van der Waals surface area (Å²) in [6, 6.07) is 3.98. The van der Waals surface area contributed by atoms with Crippen molar-refractivity contribution in [3.05, 3.63) is 23.8 Å². The molecule has 0 aromatic heterocycles. The van der Waals surface area contributed by atoms with Crippen LogP contribution in [0.4, 0.5) is 0 Å². The number of nitrogens with one attached hydrogen (secondary N) is 1. The maximum atomic E-state index is 11.9. The Morgan fingerprint density at radius 1 is 1.19 bits per heavy atom. The van der Waals surface area contributed by atoms with Crippen LogP contribution in [-0.2, 0) is 0 Å². The van der Waals surface area contributed by atoms with Crippen molar-refractivity contribution in [1.82, 2.24) is 5.32 Å². The molecule has 4 heteroatoms. The van der Waals surface area contributed by atoms with Gasteiger partial charge in [0.1, 0.15) is 0 Å². The number of ketones is 1. The van der Waals surface area contributed by atoms with Gasteiger partial charge in [-0.25, -0.2) is 0 Å². The number of hydrogen-bond donors (Lipinski definition) is 3. The SMILES string of the molecule is CC(C)N[C@H](C)C(=O)c1ccc(O)c(O)c1. The van der Waals surface area contributed by atoms with Crippen LogP contribution in [0.3, 0.4) is 0 Å². The number of hydrogen-bond acceptors (Lipinski definition) is 4. The molecular formula is C12H17NO3. The largest absolute Gasteiger partial charge is 0.504 e. The zero-order chi connectivity index (χ0) is 12.3. The van der Waals surface area contributed by atoms with Gasteiger partial charge in [0.15, 0.2) is 17.3 Å². The van der Waals surface area contributed by atoms with Crippen molar-refractivity contribution in [2.75, 3.05) is 0 Å². The third-order valence-electron chi connectivity index (χ3n) is 2.24. The molecule has 1 atom stereocenters. The zero-order valence-corrected chi connectivity index (χ0v) is 9.69. The standard InChI is InChI=1S/C12H17NO3/c1-7(2)13-8(3)12(16)9-4-5-10(14)11(15)6-9/h4-8,13-15H,1-3H3/t8-/m1/s1.